The minimum absolute atomic E-state index is 0.249. The number of imidazole rings is 1. The Kier molecular flexibility index (Phi) is 3.20. The van der Waals surface area contributed by atoms with Crippen molar-refractivity contribution in [3.05, 3.63) is 89.6 Å². The van der Waals surface area contributed by atoms with Crippen LogP contribution in [0.15, 0.2) is 70.8 Å². The third-order valence-corrected chi connectivity index (χ3v) is 7.09. The fourth-order valence-corrected chi connectivity index (χ4v) is 5.08. The molecule has 6 heteroatoms. The summed E-state index contributed by atoms with van der Waals surface area (Å²) in [5, 5.41) is 0. The number of benzene rings is 2. The maximum Gasteiger partial charge on any atom is 0.181 e. The molecular formula is C25H19FN4O. The Hall–Kier alpha value is -3.54. The first-order chi connectivity index (χ1) is 15.2. The smallest absolute Gasteiger partial charge is 0.181 e. The van der Waals surface area contributed by atoms with Gasteiger partial charge in [0.2, 0.25) is 0 Å². The van der Waals surface area contributed by atoms with Gasteiger partial charge in [-0.05, 0) is 60.9 Å². The summed E-state index contributed by atoms with van der Waals surface area (Å²) in [6.45, 7) is 2.01. The Balaban J connectivity index is 1.50. The van der Waals surface area contributed by atoms with Gasteiger partial charge >= 0.3 is 0 Å². The van der Waals surface area contributed by atoms with Crippen LogP contribution in [0.1, 0.15) is 48.2 Å². The Bertz CT molecular complexity index is 1380. The first-order valence-corrected chi connectivity index (χ1v) is 10.6. The number of oxazole rings is 1. The second kappa shape index (κ2) is 5.78. The van der Waals surface area contributed by atoms with Gasteiger partial charge in [-0.15, -0.1) is 0 Å². The van der Waals surface area contributed by atoms with Gasteiger partial charge in [0.15, 0.2) is 12.2 Å². The Labute approximate surface area is 178 Å². The van der Waals surface area contributed by atoms with Gasteiger partial charge in [-0.3, -0.25) is 9.56 Å². The number of halogens is 1. The summed E-state index contributed by atoms with van der Waals surface area (Å²) in [6, 6.07) is 13.2. The van der Waals surface area contributed by atoms with E-state index >= 15 is 0 Å². The summed E-state index contributed by atoms with van der Waals surface area (Å²) >= 11 is 0. The molecule has 4 aromatic rings. The molecule has 2 aromatic heterocycles. The topological polar surface area (TPSA) is 56.2 Å². The number of nitrogens with zero attached hydrogens (tertiary/aromatic N) is 4. The fourth-order valence-electron chi connectivity index (χ4n) is 5.08. The van der Waals surface area contributed by atoms with Crippen molar-refractivity contribution < 1.29 is 8.81 Å². The number of aliphatic imine (C=N–C) groups is 1. The van der Waals surface area contributed by atoms with Crippen molar-refractivity contribution in [2.45, 2.75) is 31.2 Å². The Morgan fingerprint density at radius 1 is 1.13 bits per heavy atom. The lowest BCUT2D eigenvalue weighted by Gasteiger charge is -2.15. The highest BCUT2D eigenvalue weighted by atomic mass is 19.1. The molecule has 31 heavy (non-hydrogen) atoms. The monoisotopic (exact) mass is 410 g/mol. The summed E-state index contributed by atoms with van der Waals surface area (Å²) in [4.78, 5) is 13.7. The van der Waals surface area contributed by atoms with E-state index in [-0.39, 0.29) is 11.9 Å². The van der Waals surface area contributed by atoms with E-state index in [1.54, 1.807) is 18.6 Å². The number of hydrogen-bond donors (Lipinski definition) is 0. The van der Waals surface area contributed by atoms with E-state index in [4.69, 9.17) is 9.41 Å². The van der Waals surface area contributed by atoms with Gasteiger partial charge < -0.3 is 4.42 Å². The second-order valence-corrected chi connectivity index (χ2v) is 8.84. The zero-order valence-corrected chi connectivity index (χ0v) is 16.9. The highest BCUT2D eigenvalue weighted by Gasteiger charge is 2.70. The van der Waals surface area contributed by atoms with E-state index in [0.717, 1.165) is 22.9 Å². The number of rotatable bonds is 3. The normalized spacial score (nSPS) is 25.2. The van der Waals surface area contributed by atoms with Gasteiger partial charge in [-0.1, -0.05) is 18.2 Å². The predicted molar refractivity (Wildman–Crippen MR) is 114 cm³/mol. The van der Waals surface area contributed by atoms with Crippen LogP contribution in [-0.2, 0) is 5.41 Å². The van der Waals surface area contributed by atoms with E-state index in [1.807, 2.05) is 19.1 Å². The van der Waals surface area contributed by atoms with Gasteiger partial charge in [0.05, 0.1) is 29.3 Å². The second-order valence-electron chi connectivity index (χ2n) is 8.84. The lowest BCUT2D eigenvalue weighted by molar-refractivity contribution is 0.568. The lowest BCUT2D eigenvalue weighted by Crippen LogP contribution is -2.10. The molecule has 152 valence electrons. The first-order valence-electron chi connectivity index (χ1n) is 10.6. The molecule has 2 aromatic carbocycles. The molecule has 0 bridgehead atoms. The molecule has 0 amide bonds. The van der Waals surface area contributed by atoms with Gasteiger partial charge in [0, 0.05) is 11.1 Å². The molecule has 0 spiro atoms. The summed E-state index contributed by atoms with van der Waals surface area (Å²) in [7, 11) is 0. The largest absolute Gasteiger partial charge is 0.442 e. The van der Waals surface area contributed by atoms with E-state index in [9.17, 15) is 4.39 Å². The standard InChI is InChI=1S/C25H19FN4O/c1-14-24-23(21-11-27-13-31-21)28-12-30(24)20-7-6-15(25-9-16(25)10-25)8-18(20)22(29-14)17-4-2-3-5-19(17)26/h2-8,11-14,16H,9-10H2,1H3/t14-,16?,25?/m0/s1. The molecule has 0 unspecified atom stereocenters. The van der Waals surface area contributed by atoms with Gasteiger partial charge in [-0.2, -0.15) is 0 Å². The van der Waals surface area contributed by atoms with E-state index < -0.39 is 0 Å². The summed E-state index contributed by atoms with van der Waals surface area (Å²) < 4.78 is 22.5. The van der Waals surface area contributed by atoms with Crippen LogP contribution in [0, 0.1) is 11.7 Å². The molecule has 2 fully saturated rings. The maximum atomic E-state index is 14.9. The molecule has 0 N–H and O–H groups in total. The van der Waals surface area contributed by atoms with Crippen LogP contribution >= 0.6 is 0 Å². The molecule has 3 aliphatic rings. The molecule has 0 saturated heterocycles. The minimum Gasteiger partial charge on any atom is -0.442 e. The highest BCUT2D eigenvalue weighted by Crippen LogP contribution is 2.75. The fraction of sp³-hybridized carbons (Fsp3) is 0.240. The predicted octanol–water partition coefficient (Wildman–Crippen LogP) is 5.24. The summed E-state index contributed by atoms with van der Waals surface area (Å²) in [5.41, 5.74) is 6.42. The van der Waals surface area contributed by atoms with Crippen molar-refractivity contribution in [2.24, 2.45) is 10.9 Å². The van der Waals surface area contributed by atoms with Crippen LogP contribution in [0.25, 0.3) is 17.1 Å². The van der Waals surface area contributed by atoms with Crippen molar-refractivity contribution in [1.82, 2.24) is 14.5 Å². The van der Waals surface area contributed by atoms with Crippen LogP contribution in [0.4, 0.5) is 4.39 Å². The van der Waals surface area contributed by atoms with Crippen LogP contribution < -0.4 is 0 Å². The van der Waals surface area contributed by atoms with Crippen molar-refractivity contribution in [1.29, 1.82) is 0 Å². The van der Waals surface area contributed by atoms with Crippen molar-refractivity contribution in [3.8, 4) is 17.1 Å². The summed E-state index contributed by atoms with van der Waals surface area (Å²) in [6.07, 6.45) is 7.39. The number of hydrogen-bond acceptors (Lipinski definition) is 4. The number of fused-ring (bicyclic) bond motifs is 4. The van der Waals surface area contributed by atoms with Crippen LogP contribution in [0.5, 0.6) is 0 Å². The molecule has 7 rings (SSSR count). The van der Waals surface area contributed by atoms with Crippen molar-refractivity contribution >= 4 is 5.71 Å². The average Bonchev–Trinajstić information content (AvgIpc) is 3.48. The molecule has 1 aliphatic heterocycles. The van der Waals surface area contributed by atoms with Gasteiger partial charge in [0.1, 0.15) is 17.8 Å². The highest BCUT2D eigenvalue weighted by molar-refractivity contribution is 6.15. The molecule has 3 heterocycles. The molecule has 5 nitrogen and oxygen atoms in total. The Morgan fingerprint density at radius 3 is 2.71 bits per heavy atom. The summed E-state index contributed by atoms with van der Waals surface area (Å²) in [5.74, 6) is 1.16. The van der Waals surface area contributed by atoms with E-state index in [0.29, 0.717) is 28.1 Å². The van der Waals surface area contributed by atoms with E-state index in [2.05, 4.69) is 32.7 Å². The van der Waals surface area contributed by atoms with Gasteiger partial charge in [-0.25, -0.2) is 14.4 Å². The van der Waals surface area contributed by atoms with Crippen LogP contribution in [0.3, 0.4) is 0 Å². The van der Waals surface area contributed by atoms with Crippen LogP contribution in [0.2, 0.25) is 0 Å². The zero-order chi connectivity index (χ0) is 20.7. The Morgan fingerprint density at radius 2 is 1.97 bits per heavy atom. The first kappa shape index (κ1) is 17.2. The maximum absolute atomic E-state index is 14.9. The van der Waals surface area contributed by atoms with Crippen molar-refractivity contribution in [2.75, 3.05) is 0 Å². The minimum atomic E-state index is -0.265. The van der Waals surface area contributed by atoms with Crippen LogP contribution in [-0.4, -0.2) is 20.2 Å². The third-order valence-electron chi connectivity index (χ3n) is 7.09. The zero-order valence-electron chi connectivity index (χ0n) is 16.9. The van der Waals surface area contributed by atoms with Gasteiger partial charge in [0.25, 0.3) is 0 Å². The quantitative estimate of drug-likeness (QED) is 0.464. The van der Waals surface area contributed by atoms with Crippen molar-refractivity contribution in [3.63, 3.8) is 0 Å². The number of aromatic nitrogens is 3. The average molecular weight is 410 g/mol. The molecular weight excluding hydrogens is 391 g/mol. The third kappa shape index (κ3) is 2.33. The molecule has 2 saturated carbocycles. The molecule has 0 radical (unpaired) electrons. The SMILES string of the molecule is C[C@@H]1N=C(c2ccccc2F)c2cc(C34CC3C4)ccc2-n2cnc(-c3cnco3)c21. The van der Waals surface area contributed by atoms with E-state index in [1.165, 1.54) is 30.9 Å². The lowest BCUT2D eigenvalue weighted by atomic mass is 9.94. The molecule has 2 aliphatic carbocycles. The molecule has 1 atom stereocenters.